The standard InChI is InChI=1S/C21H18N2O2/c1-25-19-15-9-8-14-18(19)22-20(16-10-4-2-5-11-16)23-21(24)17-12-6-3-7-13-17/h2-15H,1H3,(H,22,23,24). The summed E-state index contributed by atoms with van der Waals surface area (Å²) in [6.07, 6.45) is 0. The largest absolute Gasteiger partial charge is 0.494 e. The van der Waals surface area contributed by atoms with Crippen molar-refractivity contribution in [2.24, 2.45) is 4.99 Å². The number of rotatable bonds is 4. The van der Waals surface area contributed by atoms with Crippen molar-refractivity contribution in [2.45, 2.75) is 0 Å². The van der Waals surface area contributed by atoms with E-state index in [0.29, 0.717) is 22.8 Å². The first kappa shape index (κ1) is 16.5. The minimum atomic E-state index is -0.210. The minimum Gasteiger partial charge on any atom is -0.494 e. The maximum Gasteiger partial charge on any atom is 0.256 e. The van der Waals surface area contributed by atoms with Gasteiger partial charge in [0.2, 0.25) is 0 Å². The van der Waals surface area contributed by atoms with Gasteiger partial charge in [0.1, 0.15) is 17.3 Å². The Morgan fingerprint density at radius 3 is 2.00 bits per heavy atom. The molecule has 0 atom stereocenters. The molecule has 0 fully saturated rings. The lowest BCUT2D eigenvalue weighted by atomic mass is 10.1. The van der Waals surface area contributed by atoms with Gasteiger partial charge in [-0.1, -0.05) is 60.7 Å². The van der Waals surface area contributed by atoms with Gasteiger partial charge in [-0.3, -0.25) is 4.79 Å². The van der Waals surface area contributed by atoms with Crippen molar-refractivity contribution >= 4 is 17.4 Å². The van der Waals surface area contributed by atoms with E-state index in [1.54, 1.807) is 19.2 Å². The van der Waals surface area contributed by atoms with Gasteiger partial charge in [0, 0.05) is 11.1 Å². The molecular weight excluding hydrogens is 312 g/mol. The number of benzene rings is 3. The van der Waals surface area contributed by atoms with Crippen LogP contribution in [0.5, 0.6) is 5.75 Å². The number of para-hydroxylation sites is 2. The third-order valence-corrected chi connectivity index (χ3v) is 3.63. The lowest BCUT2D eigenvalue weighted by molar-refractivity contribution is 0.0977. The number of hydrogen-bond donors (Lipinski definition) is 1. The summed E-state index contributed by atoms with van der Waals surface area (Å²) in [6, 6.07) is 26.0. The molecule has 124 valence electrons. The van der Waals surface area contributed by atoms with Gasteiger partial charge in [-0.25, -0.2) is 4.99 Å². The average molecular weight is 330 g/mol. The molecule has 4 heteroatoms. The molecule has 0 radical (unpaired) electrons. The second kappa shape index (κ2) is 7.93. The quantitative estimate of drug-likeness (QED) is 0.576. The van der Waals surface area contributed by atoms with Gasteiger partial charge < -0.3 is 10.1 Å². The van der Waals surface area contributed by atoms with Gasteiger partial charge in [0.05, 0.1) is 7.11 Å². The van der Waals surface area contributed by atoms with E-state index in [2.05, 4.69) is 10.3 Å². The second-order valence-electron chi connectivity index (χ2n) is 5.32. The molecule has 0 unspecified atom stereocenters. The summed E-state index contributed by atoms with van der Waals surface area (Å²) in [5.41, 5.74) is 2.04. The van der Waals surface area contributed by atoms with E-state index in [1.165, 1.54) is 0 Å². The van der Waals surface area contributed by atoms with Crippen LogP contribution in [-0.2, 0) is 0 Å². The van der Waals surface area contributed by atoms with Crippen LogP contribution in [0.1, 0.15) is 15.9 Å². The third-order valence-electron chi connectivity index (χ3n) is 3.63. The molecule has 3 aromatic carbocycles. The summed E-state index contributed by atoms with van der Waals surface area (Å²) >= 11 is 0. The third kappa shape index (κ3) is 4.12. The number of aliphatic imine (C=N–C) groups is 1. The molecule has 0 aliphatic heterocycles. The van der Waals surface area contributed by atoms with Crippen LogP contribution in [0.3, 0.4) is 0 Å². The van der Waals surface area contributed by atoms with Crippen LogP contribution in [0.15, 0.2) is 89.9 Å². The smallest absolute Gasteiger partial charge is 0.256 e. The molecule has 3 aromatic rings. The van der Waals surface area contributed by atoms with Gasteiger partial charge in [-0.05, 0) is 24.3 Å². The van der Waals surface area contributed by atoms with Gasteiger partial charge in [0.15, 0.2) is 0 Å². The number of carbonyl (C=O) groups is 1. The van der Waals surface area contributed by atoms with E-state index in [-0.39, 0.29) is 5.91 Å². The SMILES string of the molecule is COc1ccccc1N=C(NC(=O)c1ccccc1)c1ccccc1. The van der Waals surface area contributed by atoms with E-state index in [1.807, 2.05) is 72.8 Å². The molecule has 0 aromatic heterocycles. The summed E-state index contributed by atoms with van der Waals surface area (Å²) in [6.45, 7) is 0. The summed E-state index contributed by atoms with van der Waals surface area (Å²) in [5, 5.41) is 2.90. The van der Waals surface area contributed by atoms with E-state index in [4.69, 9.17) is 4.74 Å². The van der Waals surface area contributed by atoms with Crippen molar-refractivity contribution in [3.05, 3.63) is 96.1 Å². The predicted octanol–water partition coefficient (Wildman–Crippen LogP) is 4.20. The van der Waals surface area contributed by atoms with Crippen LogP contribution in [0.2, 0.25) is 0 Å². The fourth-order valence-corrected chi connectivity index (χ4v) is 2.37. The Labute approximate surface area is 146 Å². The van der Waals surface area contributed by atoms with Crippen molar-refractivity contribution in [3.63, 3.8) is 0 Å². The van der Waals surface area contributed by atoms with Crippen molar-refractivity contribution in [1.82, 2.24) is 5.32 Å². The van der Waals surface area contributed by atoms with Crippen molar-refractivity contribution < 1.29 is 9.53 Å². The second-order valence-corrected chi connectivity index (χ2v) is 5.32. The monoisotopic (exact) mass is 330 g/mol. The highest BCUT2D eigenvalue weighted by Gasteiger charge is 2.11. The molecule has 0 saturated heterocycles. The summed E-state index contributed by atoms with van der Waals surface area (Å²) in [4.78, 5) is 17.2. The summed E-state index contributed by atoms with van der Waals surface area (Å²) in [7, 11) is 1.60. The first-order valence-electron chi connectivity index (χ1n) is 7.91. The number of hydrogen-bond acceptors (Lipinski definition) is 3. The van der Waals surface area contributed by atoms with Crippen LogP contribution >= 0.6 is 0 Å². The van der Waals surface area contributed by atoms with Crippen molar-refractivity contribution in [1.29, 1.82) is 0 Å². The lowest BCUT2D eigenvalue weighted by Gasteiger charge is -2.11. The van der Waals surface area contributed by atoms with Crippen LogP contribution in [0.4, 0.5) is 5.69 Å². The van der Waals surface area contributed by atoms with Crippen LogP contribution in [-0.4, -0.2) is 18.9 Å². The fourth-order valence-electron chi connectivity index (χ4n) is 2.37. The number of ether oxygens (including phenoxy) is 1. The topological polar surface area (TPSA) is 50.7 Å². The fraction of sp³-hybridized carbons (Fsp3) is 0.0476. The van der Waals surface area contributed by atoms with Gasteiger partial charge >= 0.3 is 0 Å². The molecule has 0 heterocycles. The highest BCUT2D eigenvalue weighted by Crippen LogP contribution is 2.27. The highest BCUT2D eigenvalue weighted by atomic mass is 16.5. The van der Waals surface area contributed by atoms with Crippen molar-refractivity contribution in [3.8, 4) is 5.75 Å². The molecule has 4 nitrogen and oxygen atoms in total. The Bertz CT molecular complexity index is 875. The molecule has 0 aliphatic rings. The average Bonchev–Trinajstić information content (AvgIpc) is 2.69. The number of amides is 1. The first-order chi connectivity index (χ1) is 12.3. The normalized spacial score (nSPS) is 11.0. The summed E-state index contributed by atoms with van der Waals surface area (Å²) in [5.74, 6) is 0.905. The van der Waals surface area contributed by atoms with Crippen LogP contribution in [0.25, 0.3) is 0 Å². The molecular formula is C21H18N2O2. The molecule has 0 bridgehead atoms. The summed E-state index contributed by atoms with van der Waals surface area (Å²) < 4.78 is 5.35. The first-order valence-corrected chi connectivity index (χ1v) is 7.91. The Morgan fingerprint density at radius 1 is 0.800 bits per heavy atom. The molecule has 0 spiro atoms. The number of nitrogens with one attached hydrogen (secondary N) is 1. The van der Waals surface area contributed by atoms with Crippen molar-refractivity contribution in [2.75, 3.05) is 7.11 Å². The Balaban J connectivity index is 1.99. The zero-order valence-corrected chi connectivity index (χ0v) is 13.8. The van der Waals surface area contributed by atoms with Crippen LogP contribution in [0, 0.1) is 0 Å². The molecule has 1 N–H and O–H groups in total. The molecule has 0 saturated carbocycles. The molecule has 1 amide bonds. The number of carbonyl (C=O) groups excluding carboxylic acids is 1. The predicted molar refractivity (Wildman–Crippen MR) is 99.5 cm³/mol. The maximum atomic E-state index is 12.5. The minimum absolute atomic E-state index is 0.210. The zero-order chi connectivity index (χ0) is 17.5. The van der Waals surface area contributed by atoms with Crippen LogP contribution < -0.4 is 10.1 Å². The molecule has 0 aliphatic carbocycles. The number of methoxy groups -OCH3 is 1. The molecule has 3 rings (SSSR count). The maximum absolute atomic E-state index is 12.5. The van der Waals surface area contributed by atoms with E-state index < -0.39 is 0 Å². The van der Waals surface area contributed by atoms with Gasteiger partial charge in [-0.15, -0.1) is 0 Å². The van der Waals surface area contributed by atoms with E-state index in [9.17, 15) is 4.79 Å². The zero-order valence-electron chi connectivity index (χ0n) is 13.8. The Kier molecular flexibility index (Phi) is 5.22. The number of amidine groups is 1. The van der Waals surface area contributed by atoms with E-state index in [0.717, 1.165) is 5.56 Å². The Hall–Kier alpha value is -3.40. The van der Waals surface area contributed by atoms with Gasteiger partial charge in [-0.2, -0.15) is 0 Å². The lowest BCUT2D eigenvalue weighted by Crippen LogP contribution is -2.31. The van der Waals surface area contributed by atoms with Gasteiger partial charge in [0.25, 0.3) is 5.91 Å². The molecule has 25 heavy (non-hydrogen) atoms. The van der Waals surface area contributed by atoms with E-state index >= 15 is 0 Å². The highest BCUT2D eigenvalue weighted by molar-refractivity contribution is 6.13. The Morgan fingerprint density at radius 2 is 1.36 bits per heavy atom. The number of nitrogens with zero attached hydrogens (tertiary/aromatic N) is 1.